The van der Waals surface area contributed by atoms with Crippen molar-refractivity contribution in [2.24, 2.45) is 17.8 Å². The van der Waals surface area contributed by atoms with Crippen molar-refractivity contribution in [3.05, 3.63) is 0 Å². The fourth-order valence-electron chi connectivity index (χ4n) is 3.05. The number of aliphatic hydroxyl groups is 1. The molecule has 3 unspecified atom stereocenters. The van der Waals surface area contributed by atoms with Crippen LogP contribution in [-0.2, 0) is 9.59 Å². The fourth-order valence-corrected chi connectivity index (χ4v) is 3.05. The van der Waals surface area contributed by atoms with Crippen molar-refractivity contribution in [1.82, 2.24) is 4.90 Å². The number of nitrogens with zero attached hydrogens (tertiary/aromatic N) is 1. The molecule has 1 aliphatic carbocycles. The summed E-state index contributed by atoms with van der Waals surface area (Å²) in [6.07, 6.45) is 4.76. The lowest BCUT2D eigenvalue weighted by atomic mass is 9.95. The van der Waals surface area contributed by atoms with Crippen LogP contribution in [0.1, 0.15) is 45.4 Å². The van der Waals surface area contributed by atoms with E-state index in [0.29, 0.717) is 25.3 Å². The van der Waals surface area contributed by atoms with Gasteiger partial charge in [-0.25, -0.2) is 0 Å². The van der Waals surface area contributed by atoms with E-state index in [1.807, 2.05) is 0 Å². The van der Waals surface area contributed by atoms with E-state index in [1.54, 1.807) is 11.9 Å². The Bertz CT molecular complexity index is 332. The lowest BCUT2D eigenvalue weighted by molar-refractivity contribution is -0.148. The molecular formula is C15H27NO4. The SMILES string of the molecule is CCC1CC(C(=O)O)C(C(=O)N(C)CCCCCO)C1. The average Bonchev–Trinajstić information content (AvgIpc) is 2.87. The van der Waals surface area contributed by atoms with Crippen LogP contribution in [0.5, 0.6) is 0 Å². The van der Waals surface area contributed by atoms with Gasteiger partial charge in [0.2, 0.25) is 5.91 Å². The Labute approximate surface area is 121 Å². The van der Waals surface area contributed by atoms with Gasteiger partial charge in [0, 0.05) is 20.2 Å². The first kappa shape index (κ1) is 17.0. The molecule has 1 fully saturated rings. The minimum Gasteiger partial charge on any atom is -0.481 e. The highest BCUT2D eigenvalue weighted by atomic mass is 16.4. The number of carboxylic acids is 1. The molecule has 3 atom stereocenters. The zero-order valence-electron chi connectivity index (χ0n) is 12.5. The van der Waals surface area contributed by atoms with Gasteiger partial charge in [0.1, 0.15) is 0 Å². The summed E-state index contributed by atoms with van der Waals surface area (Å²) < 4.78 is 0. The molecule has 116 valence electrons. The van der Waals surface area contributed by atoms with Crippen molar-refractivity contribution in [3.63, 3.8) is 0 Å². The Hall–Kier alpha value is -1.10. The van der Waals surface area contributed by atoms with Gasteiger partial charge in [0.25, 0.3) is 0 Å². The number of rotatable bonds is 8. The van der Waals surface area contributed by atoms with Crippen LogP contribution in [-0.4, -0.2) is 47.2 Å². The second-order valence-corrected chi connectivity index (χ2v) is 5.84. The molecule has 5 nitrogen and oxygen atoms in total. The number of hydrogen-bond donors (Lipinski definition) is 2. The smallest absolute Gasteiger partial charge is 0.307 e. The first-order chi connectivity index (χ1) is 9.51. The fraction of sp³-hybridized carbons (Fsp3) is 0.867. The molecule has 0 bridgehead atoms. The number of carboxylic acid groups (broad SMARTS) is 1. The minimum atomic E-state index is -0.840. The quantitative estimate of drug-likeness (QED) is 0.666. The molecule has 1 aliphatic rings. The zero-order chi connectivity index (χ0) is 15.1. The highest BCUT2D eigenvalue weighted by Crippen LogP contribution is 2.39. The molecule has 5 heteroatoms. The summed E-state index contributed by atoms with van der Waals surface area (Å²) in [6, 6.07) is 0. The summed E-state index contributed by atoms with van der Waals surface area (Å²) in [5.74, 6) is -1.40. The molecule has 20 heavy (non-hydrogen) atoms. The standard InChI is InChI=1S/C15H27NO4/c1-3-11-9-12(13(10-11)15(19)20)14(18)16(2)7-5-4-6-8-17/h11-13,17H,3-10H2,1-2H3,(H,19,20). The summed E-state index contributed by atoms with van der Waals surface area (Å²) in [5, 5.41) is 18.0. The van der Waals surface area contributed by atoms with E-state index < -0.39 is 11.9 Å². The maximum atomic E-state index is 12.4. The number of carbonyl (C=O) groups excluding carboxylic acids is 1. The number of unbranched alkanes of at least 4 members (excludes halogenated alkanes) is 2. The van der Waals surface area contributed by atoms with Crippen LogP contribution in [0.2, 0.25) is 0 Å². The van der Waals surface area contributed by atoms with E-state index in [0.717, 1.165) is 25.7 Å². The molecule has 1 amide bonds. The van der Waals surface area contributed by atoms with Crippen molar-refractivity contribution in [3.8, 4) is 0 Å². The van der Waals surface area contributed by atoms with Gasteiger partial charge in [-0.05, 0) is 38.0 Å². The van der Waals surface area contributed by atoms with Gasteiger partial charge in [-0.15, -0.1) is 0 Å². The van der Waals surface area contributed by atoms with Gasteiger partial charge in [-0.1, -0.05) is 13.3 Å². The Balaban J connectivity index is 2.53. The molecule has 0 aliphatic heterocycles. The van der Waals surface area contributed by atoms with E-state index >= 15 is 0 Å². The molecule has 0 spiro atoms. The van der Waals surface area contributed by atoms with Crippen LogP contribution in [0.15, 0.2) is 0 Å². The Morgan fingerprint density at radius 2 is 1.80 bits per heavy atom. The molecule has 0 radical (unpaired) electrons. The third kappa shape index (κ3) is 4.47. The van der Waals surface area contributed by atoms with E-state index in [4.69, 9.17) is 5.11 Å². The lowest BCUT2D eigenvalue weighted by Gasteiger charge is -2.23. The van der Waals surface area contributed by atoms with E-state index in [2.05, 4.69) is 6.92 Å². The molecule has 1 rings (SSSR count). The highest BCUT2D eigenvalue weighted by molar-refractivity contribution is 5.85. The van der Waals surface area contributed by atoms with E-state index in [9.17, 15) is 14.7 Å². The molecule has 0 saturated heterocycles. The number of hydrogen-bond acceptors (Lipinski definition) is 3. The second kappa shape index (κ2) is 8.25. The largest absolute Gasteiger partial charge is 0.481 e. The lowest BCUT2D eigenvalue weighted by Crippen LogP contribution is -2.37. The third-order valence-electron chi connectivity index (χ3n) is 4.40. The maximum Gasteiger partial charge on any atom is 0.307 e. The highest BCUT2D eigenvalue weighted by Gasteiger charge is 2.42. The van der Waals surface area contributed by atoms with E-state index in [1.165, 1.54) is 0 Å². The molecular weight excluding hydrogens is 258 g/mol. The number of aliphatic carboxylic acids is 1. The van der Waals surface area contributed by atoms with Crippen molar-refractivity contribution < 1.29 is 19.8 Å². The van der Waals surface area contributed by atoms with Gasteiger partial charge in [0.15, 0.2) is 0 Å². The normalized spacial score (nSPS) is 25.6. The molecule has 1 saturated carbocycles. The second-order valence-electron chi connectivity index (χ2n) is 5.84. The number of aliphatic hydroxyl groups excluding tert-OH is 1. The average molecular weight is 285 g/mol. The van der Waals surface area contributed by atoms with Crippen molar-refractivity contribution in [1.29, 1.82) is 0 Å². The summed E-state index contributed by atoms with van der Waals surface area (Å²) in [4.78, 5) is 25.4. The predicted octanol–water partition coefficient (Wildman–Crippen LogP) is 1.74. The monoisotopic (exact) mass is 285 g/mol. The summed E-state index contributed by atoms with van der Waals surface area (Å²) >= 11 is 0. The zero-order valence-corrected chi connectivity index (χ0v) is 12.5. The van der Waals surface area contributed by atoms with Crippen molar-refractivity contribution in [2.75, 3.05) is 20.2 Å². The Morgan fingerprint density at radius 1 is 1.15 bits per heavy atom. The van der Waals surface area contributed by atoms with Gasteiger partial charge in [-0.2, -0.15) is 0 Å². The van der Waals surface area contributed by atoms with Crippen molar-refractivity contribution in [2.45, 2.75) is 45.4 Å². The van der Waals surface area contributed by atoms with Crippen molar-refractivity contribution >= 4 is 11.9 Å². The Kier molecular flexibility index (Phi) is 6.99. The van der Waals surface area contributed by atoms with Crippen LogP contribution in [0.25, 0.3) is 0 Å². The Morgan fingerprint density at radius 3 is 2.35 bits per heavy atom. The van der Waals surface area contributed by atoms with Gasteiger partial charge in [-0.3, -0.25) is 9.59 Å². The number of carbonyl (C=O) groups is 2. The molecule has 0 aromatic carbocycles. The van der Waals surface area contributed by atoms with Crippen LogP contribution < -0.4 is 0 Å². The maximum absolute atomic E-state index is 12.4. The van der Waals surface area contributed by atoms with Crippen LogP contribution in [0.4, 0.5) is 0 Å². The third-order valence-corrected chi connectivity index (χ3v) is 4.40. The topological polar surface area (TPSA) is 77.8 Å². The van der Waals surface area contributed by atoms with E-state index in [-0.39, 0.29) is 18.4 Å². The van der Waals surface area contributed by atoms with Crippen LogP contribution in [0, 0.1) is 17.8 Å². The van der Waals surface area contributed by atoms with Gasteiger partial charge in [0.05, 0.1) is 11.8 Å². The predicted molar refractivity (Wildman–Crippen MR) is 76.2 cm³/mol. The minimum absolute atomic E-state index is 0.0302. The van der Waals surface area contributed by atoms with Gasteiger partial charge < -0.3 is 15.1 Å². The number of amides is 1. The molecule has 0 aromatic rings. The summed E-state index contributed by atoms with van der Waals surface area (Å²) in [7, 11) is 1.75. The molecule has 2 N–H and O–H groups in total. The first-order valence-corrected chi connectivity index (χ1v) is 7.59. The van der Waals surface area contributed by atoms with Crippen LogP contribution >= 0.6 is 0 Å². The van der Waals surface area contributed by atoms with Gasteiger partial charge >= 0.3 is 5.97 Å². The first-order valence-electron chi connectivity index (χ1n) is 7.59. The summed E-state index contributed by atoms with van der Waals surface area (Å²) in [6.45, 7) is 2.87. The molecule has 0 aromatic heterocycles. The van der Waals surface area contributed by atoms with Crippen LogP contribution in [0.3, 0.4) is 0 Å². The molecule has 0 heterocycles. The summed E-state index contributed by atoms with van der Waals surface area (Å²) in [5.41, 5.74) is 0.